The Hall–Kier alpha value is -0.650. The van der Waals surface area contributed by atoms with Crippen LogP contribution in [0.4, 0.5) is 0 Å². The fraction of sp³-hybridized carbons (Fsp3) is 0.600. The number of aliphatic hydroxyl groups excluding tert-OH is 1. The van der Waals surface area contributed by atoms with Crippen molar-refractivity contribution < 1.29 is 9.90 Å². The van der Waals surface area contributed by atoms with Crippen LogP contribution in [0.2, 0.25) is 0 Å². The predicted molar refractivity (Wildman–Crippen MR) is 62.6 cm³/mol. The zero-order chi connectivity index (χ0) is 11.5. The van der Waals surface area contributed by atoms with E-state index in [4.69, 9.17) is 11.6 Å². The molecule has 1 aromatic heterocycles. The van der Waals surface area contributed by atoms with E-state index in [0.717, 1.165) is 10.7 Å². The summed E-state index contributed by atoms with van der Waals surface area (Å²) < 4.78 is 0. The molecule has 88 valence electrons. The third kappa shape index (κ3) is 2.72. The van der Waals surface area contributed by atoms with E-state index in [0.29, 0.717) is 31.8 Å². The fourth-order valence-electron chi connectivity index (χ4n) is 1.70. The molecule has 2 rings (SSSR count). The lowest BCUT2D eigenvalue weighted by Gasteiger charge is -2.14. The predicted octanol–water partition coefficient (Wildman–Crippen LogP) is 1.02. The van der Waals surface area contributed by atoms with Gasteiger partial charge in [0.1, 0.15) is 5.01 Å². The van der Waals surface area contributed by atoms with Crippen molar-refractivity contribution in [1.29, 1.82) is 0 Å². The van der Waals surface area contributed by atoms with E-state index in [1.807, 2.05) is 5.38 Å². The van der Waals surface area contributed by atoms with E-state index in [-0.39, 0.29) is 12.0 Å². The van der Waals surface area contributed by atoms with Gasteiger partial charge in [0, 0.05) is 18.5 Å². The van der Waals surface area contributed by atoms with E-state index >= 15 is 0 Å². The first-order valence-corrected chi connectivity index (χ1v) is 6.55. The van der Waals surface area contributed by atoms with Gasteiger partial charge in [-0.05, 0) is 6.42 Å². The largest absolute Gasteiger partial charge is 0.391 e. The average molecular weight is 261 g/mol. The average Bonchev–Trinajstić information content (AvgIpc) is 2.87. The molecular weight excluding hydrogens is 248 g/mol. The standard InChI is InChI=1S/C10H13ClN2O2S/c11-4-7-6-16-9(12-7)3-10(15)13-2-1-8(14)5-13/h6,8,14H,1-5H2. The summed E-state index contributed by atoms with van der Waals surface area (Å²) in [5.74, 6) is 0.416. The molecule has 2 heterocycles. The third-order valence-electron chi connectivity index (χ3n) is 2.55. The highest BCUT2D eigenvalue weighted by molar-refractivity contribution is 7.09. The highest BCUT2D eigenvalue weighted by Gasteiger charge is 2.24. The van der Waals surface area contributed by atoms with E-state index in [9.17, 15) is 9.90 Å². The lowest BCUT2D eigenvalue weighted by atomic mass is 10.3. The van der Waals surface area contributed by atoms with Crippen LogP contribution < -0.4 is 0 Å². The highest BCUT2D eigenvalue weighted by Crippen LogP contribution is 2.15. The molecule has 1 aromatic rings. The topological polar surface area (TPSA) is 53.4 Å². The van der Waals surface area contributed by atoms with Crippen LogP contribution in [-0.2, 0) is 17.1 Å². The summed E-state index contributed by atoms with van der Waals surface area (Å²) in [7, 11) is 0. The van der Waals surface area contributed by atoms with Crippen LogP contribution in [0.1, 0.15) is 17.1 Å². The van der Waals surface area contributed by atoms with E-state index in [1.54, 1.807) is 4.90 Å². The Morgan fingerprint density at radius 2 is 2.56 bits per heavy atom. The normalized spacial score (nSPS) is 20.4. The molecule has 1 N–H and O–H groups in total. The van der Waals surface area contributed by atoms with Crippen molar-refractivity contribution in [1.82, 2.24) is 9.88 Å². The number of hydrogen-bond donors (Lipinski definition) is 1. The molecule has 1 saturated heterocycles. The smallest absolute Gasteiger partial charge is 0.229 e. The Kier molecular flexibility index (Phi) is 3.78. The molecule has 1 aliphatic heterocycles. The van der Waals surface area contributed by atoms with Gasteiger partial charge in [0.15, 0.2) is 0 Å². The monoisotopic (exact) mass is 260 g/mol. The number of aromatic nitrogens is 1. The minimum atomic E-state index is -0.362. The van der Waals surface area contributed by atoms with Crippen LogP contribution in [0.25, 0.3) is 0 Å². The van der Waals surface area contributed by atoms with E-state index in [2.05, 4.69) is 4.98 Å². The SMILES string of the molecule is O=C(Cc1nc(CCl)cs1)N1CCC(O)C1. The van der Waals surface area contributed by atoms with Crippen molar-refractivity contribution in [3.8, 4) is 0 Å². The highest BCUT2D eigenvalue weighted by atomic mass is 35.5. The number of aliphatic hydroxyl groups is 1. The number of alkyl halides is 1. The number of likely N-dealkylation sites (tertiary alicyclic amines) is 1. The minimum Gasteiger partial charge on any atom is -0.391 e. The van der Waals surface area contributed by atoms with Gasteiger partial charge in [-0.2, -0.15) is 0 Å². The Morgan fingerprint density at radius 3 is 3.12 bits per heavy atom. The molecule has 0 spiro atoms. The summed E-state index contributed by atoms with van der Waals surface area (Å²) >= 11 is 7.10. The molecule has 1 atom stereocenters. The van der Waals surface area contributed by atoms with Gasteiger partial charge in [0.05, 0.1) is 24.1 Å². The number of nitrogens with zero attached hydrogens (tertiary/aromatic N) is 2. The van der Waals surface area contributed by atoms with Crippen LogP contribution in [0.15, 0.2) is 5.38 Å². The lowest BCUT2D eigenvalue weighted by molar-refractivity contribution is -0.129. The van der Waals surface area contributed by atoms with Crippen LogP contribution in [0.5, 0.6) is 0 Å². The van der Waals surface area contributed by atoms with E-state index < -0.39 is 0 Å². The second-order valence-corrected chi connectivity index (χ2v) is 5.04. The molecule has 1 unspecified atom stereocenters. The van der Waals surface area contributed by atoms with Crippen LogP contribution in [-0.4, -0.2) is 40.1 Å². The summed E-state index contributed by atoms with van der Waals surface area (Å²) in [5.41, 5.74) is 0.816. The van der Waals surface area contributed by atoms with Gasteiger partial charge in [0.2, 0.25) is 5.91 Å². The molecule has 16 heavy (non-hydrogen) atoms. The Morgan fingerprint density at radius 1 is 1.75 bits per heavy atom. The van der Waals surface area contributed by atoms with Gasteiger partial charge >= 0.3 is 0 Å². The number of β-amino-alcohol motifs (C(OH)–C–C–N with tert-alkyl or cyclic N) is 1. The summed E-state index contributed by atoms with van der Waals surface area (Å²) in [6.45, 7) is 1.10. The number of halogens is 1. The third-order valence-corrected chi connectivity index (χ3v) is 3.73. The molecule has 0 aromatic carbocycles. The Balaban J connectivity index is 1.91. The maximum Gasteiger partial charge on any atom is 0.229 e. The second kappa shape index (κ2) is 5.12. The molecule has 1 amide bonds. The molecule has 1 aliphatic rings. The minimum absolute atomic E-state index is 0.0343. The molecule has 0 aliphatic carbocycles. The van der Waals surface area contributed by atoms with Crippen molar-refractivity contribution in [3.05, 3.63) is 16.1 Å². The maximum atomic E-state index is 11.8. The van der Waals surface area contributed by atoms with Gasteiger partial charge in [-0.1, -0.05) is 0 Å². The molecule has 0 saturated carbocycles. The van der Waals surface area contributed by atoms with Crippen LogP contribution in [0.3, 0.4) is 0 Å². The number of hydrogen-bond acceptors (Lipinski definition) is 4. The fourth-order valence-corrected chi connectivity index (χ4v) is 2.71. The molecular formula is C10H13ClN2O2S. The zero-order valence-corrected chi connectivity index (χ0v) is 10.3. The summed E-state index contributed by atoms with van der Waals surface area (Å²) in [6, 6.07) is 0. The second-order valence-electron chi connectivity index (χ2n) is 3.83. The molecule has 4 nitrogen and oxygen atoms in total. The number of thiazole rings is 1. The molecule has 6 heteroatoms. The van der Waals surface area contributed by atoms with Crippen LogP contribution >= 0.6 is 22.9 Å². The van der Waals surface area contributed by atoms with Gasteiger partial charge in [0.25, 0.3) is 0 Å². The molecule has 0 radical (unpaired) electrons. The van der Waals surface area contributed by atoms with Gasteiger partial charge in [-0.3, -0.25) is 4.79 Å². The van der Waals surface area contributed by atoms with Crippen molar-refractivity contribution in [2.45, 2.75) is 24.8 Å². The quantitative estimate of drug-likeness (QED) is 0.826. The van der Waals surface area contributed by atoms with Crippen molar-refractivity contribution >= 4 is 28.8 Å². The first-order chi connectivity index (χ1) is 7.69. The van der Waals surface area contributed by atoms with Crippen molar-refractivity contribution in [2.75, 3.05) is 13.1 Å². The van der Waals surface area contributed by atoms with Gasteiger partial charge < -0.3 is 10.0 Å². The van der Waals surface area contributed by atoms with Gasteiger partial charge in [-0.25, -0.2) is 4.98 Å². The first-order valence-electron chi connectivity index (χ1n) is 5.14. The zero-order valence-electron chi connectivity index (χ0n) is 8.73. The van der Waals surface area contributed by atoms with Gasteiger partial charge in [-0.15, -0.1) is 22.9 Å². The Labute approximate surface area is 103 Å². The first kappa shape index (κ1) is 11.8. The number of rotatable bonds is 3. The summed E-state index contributed by atoms with van der Waals surface area (Å²) in [5, 5.41) is 12.0. The number of carbonyl (C=O) groups excluding carboxylic acids is 1. The number of amides is 1. The van der Waals surface area contributed by atoms with Crippen molar-refractivity contribution in [2.24, 2.45) is 0 Å². The maximum absolute atomic E-state index is 11.8. The summed E-state index contributed by atoms with van der Waals surface area (Å²) in [4.78, 5) is 17.7. The molecule has 1 fully saturated rings. The van der Waals surface area contributed by atoms with Crippen molar-refractivity contribution in [3.63, 3.8) is 0 Å². The molecule has 0 bridgehead atoms. The summed E-state index contributed by atoms with van der Waals surface area (Å²) in [6.07, 6.45) is 0.629. The van der Waals surface area contributed by atoms with E-state index in [1.165, 1.54) is 11.3 Å². The Bertz CT molecular complexity index is 383. The number of carbonyl (C=O) groups is 1. The lowest BCUT2D eigenvalue weighted by Crippen LogP contribution is -2.30. The van der Waals surface area contributed by atoms with Crippen LogP contribution in [0, 0.1) is 0 Å².